The molecule has 0 radical (unpaired) electrons. The number of ether oxygens (including phenoxy) is 5. The van der Waals surface area contributed by atoms with Crippen LogP contribution in [0.1, 0.15) is 59.8 Å². The number of esters is 1. The van der Waals surface area contributed by atoms with Crippen LogP contribution in [0.4, 0.5) is 5.82 Å². The van der Waals surface area contributed by atoms with Crippen LogP contribution in [-0.2, 0) is 19.8 Å². The molecule has 1 aliphatic rings. The minimum absolute atomic E-state index is 0.0444. The molecule has 2 aromatic heterocycles. The van der Waals surface area contributed by atoms with E-state index in [4.69, 9.17) is 23.7 Å². The lowest BCUT2D eigenvalue weighted by molar-refractivity contribution is -0.239. The third kappa shape index (κ3) is 8.51. The highest BCUT2D eigenvalue weighted by Gasteiger charge is 2.50. The van der Waals surface area contributed by atoms with Crippen molar-refractivity contribution in [2.24, 2.45) is 0 Å². The highest BCUT2D eigenvalue weighted by atomic mass is 16.6. The molecule has 8 aromatic rings. The first kappa shape index (κ1) is 43.2. The van der Waals surface area contributed by atoms with Gasteiger partial charge in [0.2, 0.25) is 11.6 Å². The zero-order valence-electron chi connectivity index (χ0n) is 35.8. The molecule has 2 N–H and O–H groups in total. The van der Waals surface area contributed by atoms with Crippen molar-refractivity contribution in [3.8, 4) is 11.5 Å². The van der Waals surface area contributed by atoms with Crippen molar-refractivity contribution >= 4 is 34.6 Å². The second-order valence-corrected chi connectivity index (χ2v) is 15.3. The van der Waals surface area contributed by atoms with E-state index in [2.05, 4.69) is 20.3 Å². The molecule has 0 bridgehead atoms. The molecule has 14 heteroatoms. The minimum Gasteiger partial charge on any atom is -0.497 e. The normalized spacial score (nSPS) is 17.1. The minimum atomic E-state index is -1.64. The summed E-state index contributed by atoms with van der Waals surface area (Å²) in [4.78, 5) is 55.3. The van der Waals surface area contributed by atoms with E-state index in [-0.39, 0.29) is 35.0 Å². The van der Waals surface area contributed by atoms with Crippen LogP contribution in [0.2, 0.25) is 0 Å². The Morgan fingerprint density at radius 3 is 1.74 bits per heavy atom. The van der Waals surface area contributed by atoms with Gasteiger partial charge in [-0.2, -0.15) is 0 Å². The summed E-state index contributed by atoms with van der Waals surface area (Å²) in [6.07, 6.45) is -4.11. The summed E-state index contributed by atoms with van der Waals surface area (Å²) in [6, 6.07) is 49.8. The van der Waals surface area contributed by atoms with Crippen LogP contribution in [0.15, 0.2) is 176 Å². The van der Waals surface area contributed by atoms with Crippen molar-refractivity contribution in [2.75, 3.05) is 26.1 Å². The molecule has 1 aliphatic heterocycles. The number of methoxy groups -OCH3 is 2. The van der Waals surface area contributed by atoms with Crippen LogP contribution >= 0.6 is 0 Å². The second kappa shape index (κ2) is 19.0. The van der Waals surface area contributed by atoms with Gasteiger partial charge in [0.05, 0.1) is 32.7 Å². The first-order valence-electron chi connectivity index (χ1n) is 21.1. The van der Waals surface area contributed by atoms with Crippen molar-refractivity contribution in [1.82, 2.24) is 19.5 Å². The lowest BCUT2D eigenvalue weighted by atomic mass is 9.79. The van der Waals surface area contributed by atoms with Crippen LogP contribution in [0.5, 0.6) is 11.5 Å². The van der Waals surface area contributed by atoms with Crippen LogP contribution in [0.25, 0.3) is 11.2 Å². The molecule has 14 nitrogen and oxygen atoms in total. The first-order valence-corrected chi connectivity index (χ1v) is 21.1. The standard InChI is InChI=1S/C52H43N5O9/c1-62-39-27-23-37(24-28-39)52(36-21-13-6-14-22-36,38-25-29-40(63-2)30-26-38)66-41-31-64-50(44(59)45(41)65-51(61)35-19-11-5-12-20-35)57-32-53-42-46(56-49(60)34-17-9-4-10-18-34)54-47(55-48(42)57)43(58)33-15-7-3-8-16-33/h3-30,32,41,44-45,50,59H,31H2,1-2H3,(H,54,55,56,60)/t41-,44-,45-,50-/m1/s1. The van der Waals surface area contributed by atoms with Gasteiger partial charge in [-0.25, -0.2) is 19.7 Å². The van der Waals surface area contributed by atoms with E-state index in [9.17, 15) is 19.5 Å². The zero-order chi connectivity index (χ0) is 45.6. The number of benzene rings is 6. The summed E-state index contributed by atoms with van der Waals surface area (Å²) in [5, 5.41) is 15.4. The average Bonchev–Trinajstić information content (AvgIpc) is 3.81. The number of imidazole rings is 1. The van der Waals surface area contributed by atoms with Gasteiger partial charge in [0.1, 0.15) is 29.3 Å². The van der Waals surface area contributed by atoms with Crippen molar-refractivity contribution in [2.45, 2.75) is 30.1 Å². The van der Waals surface area contributed by atoms with Gasteiger partial charge in [-0.05, 0) is 65.2 Å². The molecule has 1 amide bonds. The topological polar surface area (TPSA) is 173 Å². The van der Waals surface area contributed by atoms with Gasteiger partial charge >= 0.3 is 5.97 Å². The van der Waals surface area contributed by atoms with Crippen LogP contribution in [0.3, 0.4) is 0 Å². The van der Waals surface area contributed by atoms with Gasteiger partial charge in [0.15, 0.2) is 29.3 Å². The summed E-state index contributed by atoms with van der Waals surface area (Å²) in [7, 11) is 3.17. The molecular weight excluding hydrogens is 839 g/mol. The molecule has 66 heavy (non-hydrogen) atoms. The Morgan fingerprint density at radius 2 is 1.18 bits per heavy atom. The number of aliphatic hydroxyl groups is 1. The monoisotopic (exact) mass is 881 g/mol. The fourth-order valence-corrected chi connectivity index (χ4v) is 8.06. The Bertz CT molecular complexity index is 2910. The van der Waals surface area contributed by atoms with Gasteiger partial charge < -0.3 is 34.1 Å². The Kier molecular flexibility index (Phi) is 12.4. The first-order chi connectivity index (χ1) is 32.3. The quantitative estimate of drug-likeness (QED) is 0.0617. The molecule has 0 spiro atoms. The molecule has 1 saturated heterocycles. The van der Waals surface area contributed by atoms with Crippen LogP contribution in [0, 0.1) is 0 Å². The van der Waals surface area contributed by atoms with Crippen molar-refractivity contribution in [1.29, 1.82) is 0 Å². The summed E-state index contributed by atoms with van der Waals surface area (Å²) < 4.78 is 32.7. The number of amides is 1. The molecule has 3 heterocycles. The van der Waals surface area contributed by atoms with E-state index in [0.717, 1.165) is 5.56 Å². The van der Waals surface area contributed by atoms with Crippen LogP contribution in [-0.4, -0.2) is 81.4 Å². The summed E-state index contributed by atoms with van der Waals surface area (Å²) >= 11 is 0. The smallest absolute Gasteiger partial charge is 0.338 e. The van der Waals surface area contributed by atoms with Crippen molar-refractivity contribution in [3.63, 3.8) is 0 Å². The molecule has 1 fully saturated rings. The fourth-order valence-electron chi connectivity index (χ4n) is 8.06. The molecule has 0 aliphatic carbocycles. The number of carbonyl (C=O) groups is 3. The molecule has 6 aromatic carbocycles. The molecule has 9 rings (SSSR count). The molecule has 0 saturated carbocycles. The largest absolute Gasteiger partial charge is 0.497 e. The highest BCUT2D eigenvalue weighted by Crippen LogP contribution is 2.45. The SMILES string of the molecule is COc1ccc(C(O[C@@H]2CO[C@@H](n3cnc4c(NC(=O)c5ccccc5)nc(C(=O)c5ccccc5)nc43)[C@H](O)[C@@H]2OC(=O)c2ccccc2)(c2ccccc2)c2ccc(OC)cc2)cc1. The maximum absolute atomic E-state index is 14.1. The molecule has 4 atom stereocenters. The maximum atomic E-state index is 14.1. The van der Waals surface area contributed by atoms with E-state index in [1.165, 1.54) is 10.9 Å². The number of nitrogens with zero attached hydrogens (tertiary/aromatic N) is 4. The third-order valence-corrected chi connectivity index (χ3v) is 11.4. The Hall–Kier alpha value is -8.04. The fraction of sp³-hybridized carbons (Fsp3) is 0.154. The number of nitrogens with one attached hydrogen (secondary N) is 1. The molecule has 0 unspecified atom stereocenters. The summed E-state index contributed by atoms with van der Waals surface area (Å²) in [5.74, 6) is -0.785. The van der Waals surface area contributed by atoms with Crippen molar-refractivity contribution in [3.05, 3.63) is 215 Å². The Labute approximate surface area is 379 Å². The number of fused-ring (bicyclic) bond motifs is 1. The number of anilines is 1. The second-order valence-electron chi connectivity index (χ2n) is 15.3. The number of aromatic nitrogens is 4. The predicted octanol–water partition coefficient (Wildman–Crippen LogP) is 7.82. The Balaban J connectivity index is 1.16. The van der Waals surface area contributed by atoms with Gasteiger partial charge in [-0.1, -0.05) is 121 Å². The number of rotatable bonds is 14. The lowest BCUT2D eigenvalue weighted by Crippen LogP contribution is -2.56. The zero-order valence-corrected chi connectivity index (χ0v) is 35.8. The number of ketones is 1. The van der Waals surface area contributed by atoms with E-state index in [1.54, 1.807) is 105 Å². The number of aliphatic hydroxyl groups excluding tert-OH is 1. The highest BCUT2D eigenvalue weighted by molar-refractivity contribution is 6.10. The molecule has 330 valence electrons. The van der Waals surface area contributed by atoms with Gasteiger partial charge in [-0.3, -0.25) is 14.2 Å². The van der Waals surface area contributed by atoms with Crippen molar-refractivity contribution < 1.29 is 43.2 Å². The van der Waals surface area contributed by atoms with Crippen LogP contribution < -0.4 is 14.8 Å². The summed E-state index contributed by atoms with van der Waals surface area (Å²) in [6.45, 7) is -0.229. The Morgan fingerprint density at radius 1 is 0.667 bits per heavy atom. The van der Waals surface area contributed by atoms with E-state index >= 15 is 0 Å². The molecular formula is C52H43N5O9. The van der Waals surface area contributed by atoms with Gasteiger partial charge in [0, 0.05) is 11.1 Å². The number of carbonyl (C=O) groups excluding carboxylic acids is 3. The number of hydrogen-bond acceptors (Lipinski definition) is 12. The summed E-state index contributed by atoms with van der Waals surface area (Å²) in [5.41, 5.74) is 1.78. The average molecular weight is 882 g/mol. The predicted molar refractivity (Wildman–Crippen MR) is 243 cm³/mol. The number of hydrogen-bond donors (Lipinski definition) is 2. The third-order valence-electron chi connectivity index (χ3n) is 11.4. The van der Waals surface area contributed by atoms with Gasteiger partial charge in [0.25, 0.3) is 5.91 Å². The van der Waals surface area contributed by atoms with E-state index in [1.807, 2.05) is 78.9 Å². The maximum Gasteiger partial charge on any atom is 0.338 e. The van der Waals surface area contributed by atoms with E-state index in [0.29, 0.717) is 33.8 Å². The van der Waals surface area contributed by atoms with Gasteiger partial charge in [-0.15, -0.1) is 0 Å². The van der Waals surface area contributed by atoms with E-state index < -0.39 is 47.8 Å². The lowest BCUT2D eigenvalue weighted by Gasteiger charge is -2.45.